The third kappa shape index (κ3) is 7.30. The average molecular weight is 322 g/mol. The third-order valence-electron chi connectivity index (χ3n) is 3.00. The maximum absolute atomic E-state index is 11.7. The van der Waals surface area contributed by atoms with Gasteiger partial charge in [0.05, 0.1) is 7.11 Å². The molecule has 7 nitrogen and oxygen atoms in total. The molecule has 1 aromatic carbocycles. The summed E-state index contributed by atoms with van der Waals surface area (Å²) in [5.41, 5.74) is 0.848. The first kappa shape index (κ1) is 18.5. The number of amides is 2. The van der Waals surface area contributed by atoms with Crippen LogP contribution in [-0.4, -0.2) is 37.7 Å². The van der Waals surface area contributed by atoms with E-state index in [2.05, 4.69) is 15.4 Å². The van der Waals surface area contributed by atoms with Crippen LogP contribution in [0.25, 0.3) is 0 Å². The number of carbonyl (C=O) groups is 3. The fraction of sp³-hybridized carbons (Fsp3) is 0.438. The third-order valence-corrected chi connectivity index (χ3v) is 3.00. The average Bonchev–Trinajstić information content (AvgIpc) is 2.58. The van der Waals surface area contributed by atoms with Gasteiger partial charge in [-0.25, -0.2) is 9.59 Å². The Morgan fingerprint density at radius 3 is 2.48 bits per heavy atom. The molecule has 2 N–H and O–H groups in total. The van der Waals surface area contributed by atoms with Crippen LogP contribution in [0.2, 0.25) is 0 Å². The number of hydrogen-bond donors (Lipinski definition) is 2. The van der Waals surface area contributed by atoms with Gasteiger partial charge in [0.25, 0.3) is 0 Å². The second kappa shape index (κ2) is 10.2. The first-order valence-corrected chi connectivity index (χ1v) is 7.38. The molecule has 0 bridgehead atoms. The van der Waals surface area contributed by atoms with Gasteiger partial charge >= 0.3 is 12.1 Å². The number of carbonyl (C=O) groups excluding carboxylic acids is 3. The molecular weight excluding hydrogens is 300 g/mol. The highest BCUT2D eigenvalue weighted by molar-refractivity contribution is 5.87. The highest BCUT2D eigenvalue weighted by atomic mass is 16.5. The lowest BCUT2D eigenvalue weighted by Crippen LogP contribution is -2.46. The van der Waals surface area contributed by atoms with Gasteiger partial charge < -0.3 is 20.1 Å². The lowest BCUT2D eigenvalue weighted by Gasteiger charge is -2.15. The second-order valence-corrected chi connectivity index (χ2v) is 4.85. The predicted octanol–water partition coefficient (Wildman–Crippen LogP) is 1.37. The fourth-order valence-corrected chi connectivity index (χ4v) is 1.85. The van der Waals surface area contributed by atoms with Crippen molar-refractivity contribution in [2.75, 3.05) is 13.7 Å². The molecular formula is C16H22N2O5. The Morgan fingerprint density at radius 1 is 1.17 bits per heavy atom. The standard InChI is InChI=1S/C16H22N2O5/c1-3-7-13(15(20)22-2)18-14(19)10-17-16(21)23-11-12-8-5-4-6-9-12/h4-6,8-9,13H,3,7,10-11H2,1-2H3,(H,17,21)(H,18,19). The number of alkyl carbamates (subject to hydrolysis) is 1. The fourth-order valence-electron chi connectivity index (χ4n) is 1.85. The Kier molecular flexibility index (Phi) is 8.20. The van der Waals surface area contributed by atoms with Gasteiger partial charge in [-0.15, -0.1) is 0 Å². The zero-order valence-corrected chi connectivity index (χ0v) is 13.3. The normalized spacial score (nSPS) is 11.2. The smallest absolute Gasteiger partial charge is 0.407 e. The maximum atomic E-state index is 11.7. The maximum Gasteiger partial charge on any atom is 0.407 e. The molecule has 0 aliphatic heterocycles. The molecule has 1 aromatic rings. The molecule has 0 fully saturated rings. The van der Waals surface area contributed by atoms with Crippen molar-refractivity contribution < 1.29 is 23.9 Å². The number of benzene rings is 1. The first-order valence-electron chi connectivity index (χ1n) is 7.38. The van der Waals surface area contributed by atoms with Crippen LogP contribution in [0.4, 0.5) is 4.79 Å². The summed E-state index contributed by atoms with van der Waals surface area (Å²) in [4.78, 5) is 34.7. The minimum absolute atomic E-state index is 0.120. The van der Waals surface area contributed by atoms with Crippen molar-refractivity contribution in [1.82, 2.24) is 10.6 Å². The number of methoxy groups -OCH3 is 1. The summed E-state index contributed by atoms with van der Waals surface area (Å²) in [5, 5.41) is 4.85. The number of esters is 1. The van der Waals surface area contributed by atoms with E-state index < -0.39 is 24.0 Å². The Morgan fingerprint density at radius 2 is 1.87 bits per heavy atom. The van der Waals surface area contributed by atoms with E-state index in [1.807, 2.05) is 37.3 Å². The summed E-state index contributed by atoms with van der Waals surface area (Å²) in [7, 11) is 1.26. The van der Waals surface area contributed by atoms with Crippen LogP contribution in [0.5, 0.6) is 0 Å². The minimum Gasteiger partial charge on any atom is -0.467 e. The van der Waals surface area contributed by atoms with Crippen molar-refractivity contribution in [3.05, 3.63) is 35.9 Å². The van der Waals surface area contributed by atoms with Gasteiger partial charge in [-0.05, 0) is 12.0 Å². The second-order valence-electron chi connectivity index (χ2n) is 4.85. The molecule has 0 aromatic heterocycles. The van der Waals surface area contributed by atoms with Crippen molar-refractivity contribution in [1.29, 1.82) is 0 Å². The highest BCUT2D eigenvalue weighted by Crippen LogP contribution is 2.01. The predicted molar refractivity (Wildman–Crippen MR) is 83.5 cm³/mol. The topological polar surface area (TPSA) is 93.7 Å². The lowest BCUT2D eigenvalue weighted by atomic mass is 10.1. The number of nitrogens with one attached hydrogen (secondary N) is 2. The van der Waals surface area contributed by atoms with Crippen molar-refractivity contribution in [2.24, 2.45) is 0 Å². The number of rotatable bonds is 8. The largest absolute Gasteiger partial charge is 0.467 e. The Labute approximate surface area is 135 Å². The summed E-state index contributed by atoms with van der Waals surface area (Å²) in [6.45, 7) is 1.74. The van der Waals surface area contributed by atoms with Crippen LogP contribution >= 0.6 is 0 Å². The molecule has 0 saturated carbocycles. The SMILES string of the molecule is CCCC(NC(=O)CNC(=O)OCc1ccccc1)C(=O)OC. The van der Waals surface area contributed by atoms with Gasteiger partial charge in [0, 0.05) is 0 Å². The Bertz CT molecular complexity index is 518. The van der Waals surface area contributed by atoms with E-state index in [-0.39, 0.29) is 13.2 Å². The van der Waals surface area contributed by atoms with Crippen molar-refractivity contribution in [3.8, 4) is 0 Å². The molecule has 23 heavy (non-hydrogen) atoms. The van der Waals surface area contributed by atoms with Gasteiger partial charge in [0.1, 0.15) is 19.2 Å². The molecule has 0 aliphatic carbocycles. The molecule has 0 aliphatic rings. The van der Waals surface area contributed by atoms with E-state index in [0.717, 1.165) is 5.56 Å². The molecule has 2 amide bonds. The lowest BCUT2D eigenvalue weighted by molar-refractivity contribution is -0.145. The zero-order valence-electron chi connectivity index (χ0n) is 13.3. The van der Waals surface area contributed by atoms with Crippen LogP contribution in [0.15, 0.2) is 30.3 Å². The Balaban J connectivity index is 2.31. The highest BCUT2D eigenvalue weighted by Gasteiger charge is 2.20. The van der Waals surface area contributed by atoms with E-state index in [4.69, 9.17) is 4.74 Å². The van der Waals surface area contributed by atoms with Gasteiger partial charge in [-0.1, -0.05) is 43.7 Å². The molecule has 7 heteroatoms. The van der Waals surface area contributed by atoms with Crippen molar-refractivity contribution in [2.45, 2.75) is 32.4 Å². The number of hydrogen-bond acceptors (Lipinski definition) is 5. The molecule has 0 heterocycles. The van der Waals surface area contributed by atoms with Gasteiger partial charge in [0.2, 0.25) is 5.91 Å². The minimum atomic E-state index is -0.709. The summed E-state index contributed by atoms with van der Waals surface area (Å²) < 4.78 is 9.59. The van der Waals surface area contributed by atoms with Crippen LogP contribution in [0, 0.1) is 0 Å². The van der Waals surface area contributed by atoms with E-state index in [0.29, 0.717) is 12.8 Å². The van der Waals surface area contributed by atoms with Gasteiger partial charge in [-0.2, -0.15) is 0 Å². The summed E-state index contributed by atoms with van der Waals surface area (Å²) in [6, 6.07) is 8.48. The molecule has 1 unspecified atom stereocenters. The quantitative estimate of drug-likeness (QED) is 0.705. The first-order chi connectivity index (χ1) is 11.1. The molecule has 0 saturated heterocycles. The number of ether oxygens (including phenoxy) is 2. The molecule has 0 radical (unpaired) electrons. The summed E-state index contributed by atoms with van der Waals surface area (Å²) >= 11 is 0. The van der Waals surface area contributed by atoms with Crippen LogP contribution in [0.1, 0.15) is 25.3 Å². The van der Waals surface area contributed by atoms with E-state index in [1.165, 1.54) is 7.11 Å². The molecule has 1 atom stereocenters. The molecule has 1 rings (SSSR count). The Hall–Kier alpha value is -2.57. The van der Waals surface area contributed by atoms with Crippen molar-refractivity contribution in [3.63, 3.8) is 0 Å². The van der Waals surface area contributed by atoms with E-state index >= 15 is 0 Å². The van der Waals surface area contributed by atoms with Gasteiger partial charge in [-0.3, -0.25) is 4.79 Å². The van der Waals surface area contributed by atoms with Crippen LogP contribution in [0.3, 0.4) is 0 Å². The van der Waals surface area contributed by atoms with Crippen LogP contribution in [-0.2, 0) is 25.7 Å². The molecule has 126 valence electrons. The van der Waals surface area contributed by atoms with Crippen molar-refractivity contribution >= 4 is 18.0 Å². The van der Waals surface area contributed by atoms with E-state index in [1.54, 1.807) is 0 Å². The summed E-state index contributed by atoms with van der Waals surface area (Å²) in [5.74, 6) is -0.989. The monoisotopic (exact) mass is 322 g/mol. The molecule has 0 spiro atoms. The van der Waals surface area contributed by atoms with E-state index in [9.17, 15) is 14.4 Å². The van der Waals surface area contributed by atoms with Gasteiger partial charge in [0.15, 0.2) is 0 Å². The zero-order chi connectivity index (χ0) is 17.1. The summed E-state index contributed by atoms with van der Waals surface area (Å²) in [6.07, 6.45) is 0.484. The van der Waals surface area contributed by atoms with Crippen LogP contribution < -0.4 is 10.6 Å².